The normalized spacial score (nSPS) is 22.8. The van der Waals surface area contributed by atoms with Crippen molar-refractivity contribution in [3.8, 4) is 0 Å². The molecular formula is C19H31N3O2S. The molecule has 2 aliphatic rings. The smallest absolute Gasteiger partial charge is 0.211 e. The van der Waals surface area contributed by atoms with E-state index in [0.29, 0.717) is 19.0 Å². The third-order valence-corrected chi connectivity index (χ3v) is 6.62. The first-order valence-electron chi connectivity index (χ1n) is 9.23. The molecule has 0 saturated carbocycles. The van der Waals surface area contributed by atoms with Crippen molar-refractivity contribution in [3.63, 3.8) is 0 Å². The molecule has 0 amide bonds. The van der Waals surface area contributed by atoms with Crippen molar-refractivity contribution in [1.82, 2.24) is 4.31 Å². The van der Waals surface area contributed by atoms with Crippen LogP contribution in [0.2, 0.25) is 0 Å². The van der Waals surface area contributed by atoms with Gasteiger partial charge in [-0.25, -0.2) is 12.7 Å². The maximum absolute atomic E-state index is 11.9. The highest BCUT2D eigenvalue weighted by Crippen LogP contribution is 2.37. The van der Waals surface area contributed by atoms with E-state index in [1.54, 1.807) is 4.31 Å². The van der Waals surface area contributed by atoms with Crippen LogP contribution in [0.3, 0.4) is 0 Å². The fourth-order valence-corrected chi connectivity index (χ4v) is 5.04. The van der Waals surface area contributed by atoms with E-state index in [4.69, 9.17) is 0 Å². The minimum atomic E-state index is -3.08. The summed E-state index contributed by atoms with van der Waals surface area (Å²) in [6.45, 7) is 11.0. The fourth-order valence-electron chi connectivity index (χ4n) is 4.10. The Morgan fingerprint density at radius 2 is 1.76 bits per heavy atom. The van der Waals surface area contributed by atoms with Gasteiger partial charge in [0.1, 0.15) is 0 Å². The average molecular weight is 366 g/mol. The lowest BCUT2D eigenvalue weighted by molar-refractivity contribution is 0.268. The second-order valence-corrected chi connectivity index (χ2v) is 10.4. The van der Waals surface area contributed by atoms with Crippen molar-refractivity contribution in [2.45, 2.75) is 39.2 Å². The maximum Gasteiger partial charge on any atom is 0.211 e. The average Bonchev–Trinajstić information content (AvgIpc) is 2.53. The van der Waals surface area contributed by atoms with Crippen LogP contribution in [-0.2, 0) is 10.0 Å². The Hall–Kier alpha value is -1.27. The minimum absolute atomic E-state index is 0.0973. The third-order valence-electron chi connectivity index (χ3n) is 5.35. The molecule has 2 heterocycles. The number of sulfonamides is 1. The predicted molar refractivity (Wildman–Crippen MR) is 105 cm³/mol. The summed E-state index contributed by atoms with van der Waals surface area (Å²) in [5, 5.41) is 0. The van der Waals surface area contributed by atoms with Gasteiger partial charge in [0.2, 0.25) is 10.0 Å². The first-order chi connectivity index (χ1) is 11.7. The van der Waals surface area contributed by atoms with Gasteiger partial charge >= 0.3 is 0 Å². The van der Waals surface area contributed by atoms with Crippen molar-refractivity contribution >= 4 is 21.4 Å². The molecule has 140 valence electrons. The monoisotopic (exact) mass is 365 g/mol. The molecule has 0 spiro atoms. The molecule has 0 bridgehead atoms. The van der Waals surface area contributed by atoms with Crippen LogP contribution >= 0.6 is 0 Å². The summed E-state index contributed by atoms with van der Waals surface area (Å²) in [5.41, 5.74) is 2.66. The number of fused-ring (bicyclic) bond motifs is 1. The highest BCUT2D eigenvalue weighted by atomic mass is 32.2. The quantitative estimate of drug-likeness (QED) is 0.826. The SMILES string of the molecule is CC(C)(C)N1CCN(C[C@H]2CCCN(S(C)(=O)=O)C2)c2ccccc21. The molecule has 0 aromatic heterocycles. The van der Waals surface area contributed by atoms with Crippen molar-refractivity contribution < 1.29 is 8.42 Å². The third kappa shape index (κ3) is 4.11. The van der Waals surface area contributed by atoms with E-state index in [-0.39, 0.29) is 5.54 Å². The molecule has 3 rings (SSSR count). The van der Waals surface area contributed by atoms with Crippen LogP contribution in [0.5, 0.6) is 0 Å². The Kier molecular flexibility index (Phi) is 5.04. The van der Waals surface area contributed by atoms with E-state index in [1.165, 1.54) is 17.6 Å². The van der Waals surface area contributed by atoms with Gasteiger partial charge < -0.3 is 9.80 Å². The van der Waals surface area contributed by atoms with Crippen LogP contribution in [0.4, 0.5) is 11.4 Å². The van der Waals surface area contributed by atoms with Crippen LogP contribution in [0, 0.1) is 5.92 Å². The molecule has 1 saturated heterocycles. The van der Waals surface area contributed by atoms with Gasteiger partial charge in [0.05, 0.1) is 17.6 Å². The molecule has 1 atom stereocenters. The predicted octanol–water partition coefficient (Wildman–Crippen LogP) is 2.78. The van der Waals surface area contributed by atoms with Gasteiger partial charge in [-0.3, -0.25) is 0 Å². The van der Waals surface area contributed by atoms with Gasteiger partial charge in [-0.1, -0.05) is 12.1 Å². The number of rotatable bonds is 3. The lowest BCUT2D eigenvalue weighted by Crippen LogP contribution is -2.51. The van der Waals surface area contributed by atoms with Crippen molar-refractivity contribution in [3.05, 3.63) is 24.3 Å². The lowest BCUT2D eigenvalue weighted by atomic mass is 9.97. The molecular weight excluding hydrogens is 334 g/mol. The highest BCUT2D eigenvalue weighted by Gasteiger charge is 2.32. The summed E-state index contributed by atoms with van der Waals surface area (Å²) in [6, 6.07) is 8.61. The van der Waals surface area contributed by atoms with Crippen molar-refractivity contribution in [1.29, 1.82) is 0 Å². The maximum atomic E-state index is 11.9. The largest absolute Gasteiger partial charge is 0.368 e. The molecule has 0 N–H and O–H groups in total. The summed E-state index contributed by atoms with van der Waals surface area (Å²) < 4.78 is 25.4. The fraction of sp³-hybridized carbons (Fsp3) is 0.684. The van der Waals surface area contributed by atoms with Gasteiger partial charge in [-0.15, -0.1) is 0 Å². The van der Waals surface area contributed by atoms with E-state index in [0.717, 1.165) is 32.5 Å². The highest BCUT2D eigenvalue weighted by molar-refractivity contribution is 7.88. The van der Waals surface area contributed by atoms with Crippen molar-refractivity contribution in [2.75, 3.05) is 48.8 Å². The summed E-state index contributed by atoms with van der Waals surface area (Å²) >= 11 is 0. The van der Waals surface area contributed by atoms with Crippen LogP contribution in [-0.4, -0.2) is 57.2 Å². The first kappa shape index (κ1) is 18.5. The van der Waals surface area contributed by atoms with Crippen LogP contribution in [0.1, 0.15) is 33.6 Å². The van der Waals surface area contributed by atoms with Crippen LogP contribution in [0.25, 0.3) is 0 Å². The van der Waals surface area contributed by atoms with E-state index in [9.17, 15) is 8.42 Å². The Balaban J connectivity index is 1.77. The second kappa shape index (κ2) is 6.80. The number of benzene rings is 1. The molecule has 5 nitrogen and oxygen atoms in total. The molecule has 6 heteroatoms. The van der Waals surface area contributed by atoms with Gasteiger partial charge in [-0.2, -0.15) is 0 Å². The van der Waals surface area contributed by atoms with E-state index < -0.39 is 10.0 Å². The van der Waals surface area contributed by atoms with Crippen LogP contribution < -0.4 is 9.80 Å². The number of hydrogen-bond acceptors (Lipinski definition) is 4. The topological polar surface area (TPSA) is 43.9 Å². The number of hydrogen-bond donors (Lipinski definition) is 0. The van der Waals surface area contributed by atoms with Crippen LogP contribution in [0.15, 0.2) is 24.3 Å². The zero-order valence-corrected chi connectivity index (χ0v) is 16.7. The Bertz CT molecular complexity index is 712. The molecule has 0 unspecified atom stereocenters. The molecule has 1 aromatic carbocycles. The number of piperidine rings is 1. The Morgan fingerprint density at radius 1 is 1.08 bits per heavy atom. The molecule has 2 aliphatic heterocycles. The zero-order valence-electron chi connectivity index (χ0n) is 15.9. The van der Waals surface area contributed by atoms with Gasteiger partial charge in [0.25, 0.3) is 0 Å². The lowest BCUT2D eigenvalue weighted by Gasteiger charge is -2.46. The summed E-state index contributed by atoms with van der Waals surface area (Å²) in [4.78, 5) is 4.93. The van der Waals surface area contributed by atoms with E-state index >= 15 is 0 Å². The first-order valence-corrected chi connectivity index (χ1v) is 11.1. The summed E-state index contributed by atoms with van der Waals surface area (Å²) in [7, 11) is -3.08. The molecule has 1 fully saturated rings. The second-order valence-electron chi connectivity index (χ2n) is 8.39. The summed E-state index contributed by atoms with van der Waals surface area (Å²) in [5.74, 6) is 0.401. The molecule has 25 heavy (non-hydrogen) atoms. The standard InChI is InChI=1S/C19H31N3O2S/c1-19(2,3)22-13-12-20(17-9-5-6-10-18(17)22)14-16-8-7-11-21(15-16)25(4,23)24/h5-6,9-10,16H,7-8,11-15H2,1-4H3/t16-/m1/s1. The summed E-state index contributed by atoms with van der Waals surface area (Å²) in [6.07, 6.45) is 3.39. The van der Waals surface area contributed by atoms with Gasteiger partial charge in [-0.05, 0) is 51.7 Å². The number of anilines is 2. The molecule has 0 aliphatic carbocycles. The zero-order chi connectivity index (χ0) is 18.2. The minimum Gasteiger partial charge on any atom is -0.368 e. The Morgan fingerprint density at radius 3 is 2.40 bits per heavy atom. The molecule has 0 radical (unpaired) electrons. The number of para-hydroxylation sites is 2. The van der Waals surface area contributed by atoms with E-state index in [1.807, 2.05) is 0 Å². The number of nitrogens with zero attached hydrogens (tertiary/aromatic N) is 3. The van der Waals surface area contributed by atoms with Gasteiger partial charge in [0, 0.05) is 38.3 Å². The van der Waals surface area contributed by atoms with Gasteiger partial charge in [0.15, 0.2) is 0 Å². The van der Waals surface area contributed by atoms with E-state index in [2.05, 4.69) is 54.8 Å². The Labute approximate surface area is 152 Å². The van der Waals surface area contributed by atoms with Crippen molar-refractivity contribution in [2.24, 2.45) is 5.92 Å². The molecule has 1 aromatic rings.